The van der Waals surface area contributed by atoms with Gasteiger partial charge in [0, 0.05) is 10.9 Å². The average molecular weight is 504 g/mol. The Hall–Kier alpha value is -5.24. The lowest BCUT2D eigenvalue weighted by atomic mass is 10.0. The van der Waals surface area contributed by atoms with E-state index < -0.39 is 12.1 Å². The summed E-state index contributed by atoms with van der Waals surface area (Å²) in [5, 5.41) is 16.9. The van der Waals surface area contributed by atoms with E-state index in [1.165, 1.54) is 17.8 Å². The van der Waals surface area contributed by atoms with Gasteiger partial charge in [-0.3, -0.25) is 4.79 Å². The van der Waals surface area contributed by atoms with E-state index in [0.717, 1.165) is 16.2 Å². The van der Waals surface area contributed by atoms with Crippen molar-refractivity contribution < 1.29 is 19.1 Å². The van der Waals surface area contributed by atoms with Crippen molar-refractivity contribution in [3.63, 3.8) is 0 Å². The molecule has 0 fully saturated rings. The molecule has 2 aromatic heterocycles. The van der Waals surface area contributed by atoms with E-state index in [-0.39, 0.29) is 11.4 Å². The molecule has 4 aromatic carbocycles. The predicted octanol–water partition coefficient (Wildman–Crippen LogP) is 5.70. The van der Waals surface area contributed by atoms with Gasteiger partial charge in [0.2, 0.25) is 5.82 Å². The van der Waals surface area contributed by atoms with Crippen LogP contribution in [0.4, 0.5) is 0 Å². The first-order valence-corrected chi connectivity index (χ1v) is 12.0. The summed E-state index contributed by atoms with van der Waals surface area (Å²) in [7, 11) is 0. The van der Waals surface area contributed by atoms with Crippen LogP contribution in [-0.2, 0) is 4.79 Å². The fourth-order valence-corrected chi connectivity index (χ4v) is 4.35. The highest BCUT2D eigenvalue weighted by Crippen LogP contribution is 2.29. The third-order valence-corrected chi connectivity index (χ3v) is 6.28. The van der Waals surface area contributed by atoms with E-state index in [1.54, 1.807) is 24.3 Å². The molecule has 1 atom stereocenters. The van der Waals surface area contributed by atoms with Gasteiger partial charge in [0.15, 0.2) is 11.9 Å². The minimum atomic E-state index is -1.09. The number of furan rings is 1. The van der Waals surface area contributed by atoms with E-state index >= 15 is 0 Å². The number of fused-ring (bicyclic) bond motifs is 3. The fourth-order valence-electron chi connectivity index (χ4n) is 4.35. The number of para-hydroxylation sites is 2. The molecule has 0 aliphatic rings. The topological polar surface area (TPSA) is 107 Å². The van der Waals surface area contributed by atoms with Gasteiger partial charge >= 0.3 is 5.97 Å². The summed E-state index contributed by atoms with van der Waals surface area (Å²) in [6.45, 7) is 1.45. The van der Waals surface area contributed by atoms with Crippen LogP contribution in [0.25, 0.3) is 44.2 Å². The molecule has 0 spiro atoms. The van der Waals surface area contributed by atoms with Crippen LogP contribution in [-0.4, -0.2) is 33.1 Å². The summed E-state index contributed by atoms with van der Waals surface area (Å²) in [5.41, 5.74) is 1.34. The van der Waals surface area contributed by atoms with Crippen LogP contribution in [0.3, 0.4) is 0 Å². The number of aromatic nitrogens is 2. The molecule has 1 N–H and O–H groups in total. The molecule has 2 heterocycles. The van der Waals surface area contributed by atoms with Gasteiger partial charge in [0.05, 0.1) is 17.1 Å². The number of aliphatic carboxylic acids is 1. The number of rotatable bonds is 6. The van der Waals surface area contributed by atoms with E-state index in [9.17, 15) is 14.7 Å². The molecular formula is C30H21N3O5. The van der Waals surface area contributed by atoms with E-state index in [2.05, 4.69) is 5.10 Å². The van der Waals surface area contributed by atoms with Gasteiger partial charge in [-0.05, 0) is 48.0 Å². The lowest BCUT2D eigenvalue weighted by Crippen LogP contribution is -2.23. The Kier molecular flexibility index (Phi) is 5.69. The zero-order valence-electron chi connectivity index (χ0n) is 20.2. The maximum Gasteiger partial charge on any atom is 0.344 e. The molecule has 0 unspecified atom stereocenters. The summed E-state index contributed by atoms with van der Waals surface area (Å²) in [6, 6.07) is 27.5. The molecule has 0 radical (unpaired) electrons. The van der Waals surface area contributed by atoms with Gasteiger partial charge in [-0.1, -0.05) is 60.7 Å². The second-order valence-electron chi connectivity index (χ2n) is 8.76. The zero-order chi connectivity index (χ0) is 26.2. The molecule has 0 saturated heterocycles. The smallest absolute Gasteiger partial charge is 0.344 e. The molecule has 6 rings (SSSR count). The van der Waals surface area contributed by atoms with Gasteiger partial charge in [0.1, 0.15) is 11.3 Å². The first-order chi connectivity index (χ1) is 18.5. The summed E-state index contributed by atoms with van der Waals surface area (Å²) in [5.74, 6) is -0.138. The van der Waals surface area contributed by atoms with Crippen LogP contribution < -0.4 is 10.3 Å². The minimum absolute atomic E-state index is 0.239. The molecule has 8 nitrogen and oxygen atoms in total. The van der Waals surface area contributed by atoms with Gasteiger partial charge in [-0.25, -0.2) is 9.78 Å². The third-order valence-electron chi connectivity index (χ3n) is 6.28. The first kappa shape index (κ1) is 23.2. The molecule has 0 bridgehead atoms. The number of hydrogen-bond acceptors (Lipinski definition) is 6. The number of carboxylic acid groups (broad SMARTS) is 1. The number of benzene rings is 4. The van der Waals surface area contributed by atoms with Gasteiger partial charge < -0.3 is 14.3 Å². The van der Waals surface area contributed by atoms with Gasteiger partial charge in [-0.2, -0.15) is 9.78 Å². The van der Waals surface area contributed by atoms with E-state index in [1.807, 2.05) is 66.7 Å². The predicted molar refractivity (Wildman–Crippen MR) is 146 cm³/mol. The molecule has 186 valence electrons. The Morgan fingerprint density at radius 1 is 0.974 bits per heavy atom. The Bertz CT molecular complexity index is 1900. The highest BCUT2D eigenvalue weighted by atomic mass is 16.5. The Morgan fingerprint density at radius 3 is 2.47 bits per heavy atom. The summed E-state index contributed by atoms with van der Waals surface area (Å²) in [4.78, 5) is 29.8. The van der Waals surface area contributed by atoms with Crippen molar-refractivity contribution in [1.29, 1.82) is 0 Å². The Morgan fingerprint density at radius 2 is 1.68 bits per heavy atom. The number of ether oxygens (including phenoxy) is 1. The van der Waals surface area contributed by atoms with Crippen LogP contribution in [0.5, 0.6) is 5.75 Å². The fraction of sp³-hybridized carbons (Fsp3) is 0.0667. The van der Waals surface area contributed by atoms with E-state index in [4.69, 9.17) is 14.1 Å². The van der Waals surface area contributed by atoms with Crippen molar-refractivity contribution >= 4 is 44.8 Å². The van der Waals surface area contributed by atoms with Crippen molar-refractivity contribution in [2.75, 3.05) is 0 Å². The molecule has 0 aliphatic heterocycles. The molecule has 6 aromatic rings. The lowest BCUT2D eigenvalue weighted by molar-refractivity contribution is -0.144. The number of hydrogen-bond donors (Lipinski definition) is 1. The largest absolute Gasteiger partial charge is 0.479 e. The van der Waals surface area contributed by atoms with Crippen LogP contribution in [0.1, 0.15) is 12.5 Å². The van der Waals surface area contributed by atoms with Crippen LogP contribution in [0.2, 0.25) is 0 Å². The SMILES string of the molecule is C[C@H](Oc1ccc2ccccc2c1C=Nn1c(-c2cc3ccccc3o2)nc2ccccc2c1=O)C(=O)O. The van der Waals surface area contributed by atoms with Crippen LogP contribution >= 0.6 is 0 Å². The monoisotopic (exact) mass is 503 g/mol. The number of nitrogens with zero attached hydrogens (tertiary/aromatic N) is 3. The van der Waals surface area contributed by atoms with Gasteiger partial charge in [-0.15, -0.1) is 0 Å². The lowest BCUT2D eigenvalue weighted by Gasteiger charge is -2.15. The standard InChI is InChI=1S/C30H21N3O5/c1-18(30(35)36)37-26-15-14-19-8-2-4-10-21(19)23(26)17-31-33-28(27-16-20-9-3-7-13-25(20)38-27)32-24-12-6-5-11-22(24)29(33)34/h2-18H,1H3,(H,35,36)/t18-/m0/s1. The molecule has 38 heavy (non-hydrogen) atoms. The number of carboxylic acids is 1. The molecule has 0 amide bonds. The van der Waals surface area contributed by atoms with E-state index in [0.29, 0.717) is 33.6 Å². The second-order valence-corrected chi connectivity index (χ2v) is 8.76. The van der Waals surface area contributed by atoms with Crippen molar-refractivity contribution in [3.05, 3.63) is 107 Å². The molecular weight excluding hydrogens is 482 g/mol. The second kappa shape index (κ2) is 9.33. The minimum Gasteiger partial charge on any atom is -0.479 e. The first-order valence-electron chi connectivity index (χ1n) is 12.0. The highest BCUT2D eigenvalue weighted by Gasteiger charge is 2.18. The summed E-state index contributed by atoms with van der Waals surface area (Å²) < 4.78 is 13.0. The normalized spacial score (nSPS) is 12.4. The molecule has 0 aliphatic carbocycles. The maximum absolute atomic E-state index is 13.6. The zero-order valence-corrected chi connectivity index (χ0v) is 20.2. The number of carbonyl (C=O) groups is 1. The Balaban J connectivity index is 1.57. The van der Waals surface area contributed by atoms with Gasteiger partial charge in [0.25, 0.3) is 5.56 Å². The van der Waals surface area contributed by atoms with Crippen molar-refractivity contribution in [1.82, 2.24) is 9.66 Å². The summed E-state index contributed by atoms with van der Waals surface area (Å²) in [6.07, 6.45) is 0.412. The average Bonchev–Trinajstić information content (AvgIpc) is 3.37. The quantitative estimate of drug-likeness (QED) is 0.292. The van der Waals surface area contributed by atoms with Crippen molar-refractivity contribution in [2.24, 2.45) is 5.10 Å². The van der Waals surface area contributed by atoms with Crippen LogP contribution in [0.15, 0.2) is 105 Å². The third kappa shape index (κ3) is 4.08. The Labute approximate surface area is 216 Å². The molecule has 8 heteroatoms. The van der Waals surface area contributed by atoms with Crippen molar-refractivity contribution in [3.8, 4) is 17.3 Å². The van der Waals surface area contributed by atoms with Crippen molar-refractivity contribution in [2.45, 2.75) is 13.0 Å². The highest BCUT2D eigenvalue weighted by molar-refractivity contribution is 6.02. The summed E-state index contributed by atoms with van der Waals surface area (Å²) >= 11 is 0. The molecule has 0 saturated carbocycles. The maximum atomic E-state index is 13.6. The van der Waals surface area contributed by atoms with Crippen LogP contribution in [0, 0.1) is 0 Å².